The second-order valence-corrected chi connectivity index (χ2v) is 6.35. The number of amides is 2. The fourth-order valence-electron chi connectivity index (χ4n) is 2.43. The Morgan fingerprint density at radius 2 is 1.73 bits per heavy atom. The van der Waals surface area contributed by atoms with Crippen LogP contribution in [0, 0.1) is 0 Å². The summed E-state index contributed by atoms with van der Waals surface area (Å²) in [5, 5.41) is 6.39. The van der Waals surface area contributed by atoms with Crippen molar-refractivity contribution in [3.05, 3.63) is 58.1 Å². The van der Waals surface area contributed by atoms with E-state index in [1.807, 2.05) is 13.8 Å². The number of nitrogens with one attached hydrogen (secondary N) is 2. The number of rotatable bonds is 7. The van der Waals surface area contributed by atoms with Crippen LogP contribution in [0.4, 0.5) is 11.4 Å². The first-order valence-corrected chi connectivity index (χ1v) is 9.08. The van der Waals surface area contributed by atoms with Crippen LogP contribution in [-0.4, -0.2) is 36.3 Å². The number of carbonyl (C=O) groups excluding carboxylic acids is 2. The molecule has 0 aliphatic carbocycles. The fraction of sp³-hybridized carbons (Fsp3) is 0.263. The van der Waals surface area contributed by atoms with Gasteiger partial charge in [-0.05, 0) is 44.2 Å². The van der Waals surface area contributed by atoms with Crippen LogP contribution < -0.4 is 10.6 Å². The van der Waals surface area contributed by atoms with Crippen LogP contribution >= 0.6 is 23.2 Å². The van der Waals surface area contributed by atoms with Gasteiger partial charge in [-0.1, -0.05) is 35.3 Å². The van der Waals surface area contributed by atoms with Crippen LogP contribution in [0.1, 0.15) is 24.2 Å². The highest BCUT2D eigenvalue weighted by atomic mass is 35.5. The van der Waals surface area contributed by atoms with E-state index in [0.29, 0.717) is 40.1 Å². The molecule has 26 heavy (non-hydrogen) atoms. The summed E-state index contributed by atoms with van der Waals surface area (Å²) in [6, 6.07) is 12.1. The van der Waals surface area contributed by atoms with E-state index in [9.17, 15) is 9.59 Å². The minimum absolute atomic E-state index is 0.0335. The van der Waals surface area contributed by atoms with E-state index >= 15 is 0 Å². The molecule has 138 valence electrons. The minimum atomic E-state index is -0.269. The van der Waals surface area contributed by atoms with Crippen LogP contribution in [0.15, 0.2) is 42.5 Å². The van der Waals surface area contributed by atoms with Gasteiger partial charge >= 0.3 is 0 Å². The Labute approximate surface area is 163 Å². The Kier molecular flexibility index (Phi) is 7.30. The lowest BCUT2D eigenvalue weighted by Crippen LogP contribution is -2.30. The Hall–Kier alpha value is -2.24. The van der Waals surface area contributed by atoms with Crippen molar-refractivity contribution in [1.29, 1.82) is 0 Å². The van der Waals surface area contributed by atoms with Gasteiger partial charge in [-0.2, -0.15) is 0 Å². The van der Waals surface area contributed by atoms with Crippen LogP contribution in [-0.2, 0) is 4.79 Å². The third-order valence-corrected chi connectivity index (χ3v) is 4.66. The molecule has 0 radical (unpaired) electrons. The molecular weight excluding hydrogens is 373 g/mol. The lowest BCUT2D eigenvalue weighted by Gasteiger charge is -2.19. The van der Waals surface area contributed by atoms with Gasteiger partial charge in [0, 0.05) is 24.3 Å². The van der Waals surface area contributed by atoms with Crippen molar-refractivity contribution in [2.45, 2.75) is 13.8 Å². The Morgan fingerprint density at radius 3 is 2.42 bits per heavy atom. The quantitative estimate of drug-likeness (QED) is 0.726. The van der Waals surface area contributed by atoms with Gasteiger partial charge < -0.3 is 15.5 Å². The second kappa shape index (κ2) is 9.46. The van der Waals surface area contributed by atoms with Crippen molar-refractivity contribution in [2.24, 2.45) is 0 Å². The molecular formula is C19H21Cl2N3O2. The van der Waals surface area contributed by atoms with E-state index in [0.717, 1.165) is 0 Å². The highest BCUT2D eigenvalue weighted by Gasteiger charge is 2.13. The third-order valence-electron chi connectivity index (χ3n) is 3.84. The zero-order valence-electron chi connectivity index (χ0n) is 14.7. The molecule has 0 aromatic heterocycles. The third kappa shape index (κ3) is 5.13. The molecule has 0 saturated carbocycles. The Bertz CT molecular complexity index is 792. The highest BCUT2D eigenvalue weighted by molar-refractivity contribution is 6.44. The first-order valence-electron chi connectivity index (χ1n) is 8.33. The maximum absolute atomic E-state index is 12.4. The average molecular weight is 394 g/mol. The largest absolute Gasteiger partial charge is 0.376 e. The van der Waals surface area contributed by atoms with Crippen LogP contribution in [0.25, 0.3) is 0 Å². The molecule has 0 saturated heterocycles. The van der Waals surface area contributed by atoms with Crippen molar-refractivity contribution in [2.75, 3.05) is 30.3 Å². The molecule has 0 unspecified atom stereocenters. The van der Waals surface area contributed by atoms with E-state index in [2.05, 4.69) is 10.6 Å². The highest BCUT2D eigenvalue weighted by Crippen LogP contribution is 2.29. The van der Waals surface area contributed by atoms with Gasteiger partial charge in [0.15, 0.2) is 0 Å². The van der Waals surface area contributed by atoms with Gasteiger partial charge in [-0.15, -0.1) is 0 Å². The molecule has 2 N–H and O–H groups in total. The molecule has 2 aromatic carbocycles. The summed E-state index contributed by atoms with van der Waals surface area (Å²) >= 11 is 12.0. The summed E-state index contributed by atoms with van der Waals surface area (Å²) in [6.07, 6.45) is 0. The van der Waals surface area contributed by atoms with Gasteiger partial charge in [0.05, 0.1) is 22.3 Å². The zero-order valence-corrected chi connectivity index (χ0v) is 16.2. The summed E-state index contributed by atoms with van der Waals surface area (Å²) in [5.41, 5.74) is 1.73. The molecule has 0 heterocycles. The van der Waals surface area contributed by atoms with Crippen LogP contribution in [0.2, 0.25) is 10.0 Å². The van der Waals surface area contributed by atoms with E-state index in [1.165, 1.54) is 0 Å². The molecule has 5 nitrogen and oxygen atoms in total. The van der Waals surface area contributed by atoms with Gasteiger partial charge in [0.25, 0.3) is 5.91 Å². The number of hydrogen-bond acceptors (Lipinski definition) is 3. The van der Waals surface area contributed by atoms with Crippen molar-refractivity contribution >= 4 is 46.4 Å². The van der Waals surface area contributed by atoms with Crippen molar-refractivity contribution < 1.29 is 9.59 Å². The molecule has 2 amide bonds. The summed E-state index contributed by atoms with van der Waals surface area (Å²) in [7, 11) is 0. The lowest BCUT2D eigenvalue weighted by molar-refractivity contribution is -0.114. The first-order chi connectivity index (χ1) is 12.5. The summed E-state index contributed by atoms with van der Waals surface area (Å²) < 4.78 is 0. The molecule has 0 atom stereocenters. The molecule has 0 bridgehead atoms. The number of anilines is 2. The predicted molar refractivity (Wildman–Crippen MR) is 107 cm³/mol. The maximum Gasteiger partial charge on any atom is 0.253 e. The molecule has 0 spiro atoms. The summed E-state index contributed by atoms with van der Waals surface area (Å²) in [4.78, 5) is 26.3. The number of nitrogens with zero attached hydrogens (tertiary/aromatic N) is 1. The minimum Gasteiger partial charge on any atom is -0.376 e. The van der Waals surface area contributed by atoms with Crippen molar-refractivity contribution in [3.63, 3.8) is 0 Å². The Balaban J connectivity index is 1.99. The number of carbonyl (C=O) groups is 2. The normalized spacial score (nSPS) is 10.3. The molecule has 0 aliphatic heterocycles. The van der Waals surface area contributed by atoms with Crippen LogP contribution in [0.3, 0.4) is 0 Å². The monoisotopic (exact) mass is 393 g/mol. The number of halogens is 2. The lowest BCUT2D eigenvalue weighted by atomic mass is 10.1. The van der Waals surface area contributed by atoms with Gasteiger partial charge in [-0.25, -0.2) is 0 Å². The van der Waals surface area contributed by atoms with E-state index in [-0.39, 0.29) is 18.4 Å². The smallest absolute Gasteiger partial charge is 0.253 e. The molecule has 7 heteroatoms. The molecule has 0 aliphatic rings. The fourth-order valence-corrected chi connectivity index (χ4v) is 2.78. The Morgan fingerprint density at radius 1 is 1.04 bits per heavy atom. The van der Waals surface area contributed by atoms with Gasteiger partial charge in [0.2, 0.25) is 5.91 Å². The summed E-state index contributed by atoms with van der Waals surface area (Å²) in [5.74, 6) is -0.302. The topological polar surface area (TPSA) is 61.4 Å². The SMILES string of the molecule is CCN(CC)C(=O)c1cccc(NCC(=O)Nc2cccc(Cl)c2Cl)c1. The molecule has 2 rings (SSSR count). The second-order valence-electron chi connectivity index (χ2n) is 5.56. The molecule has 0 fully saturated rings. The van der Waals surface area contributed by atoms with E-state index < -0.39 is 0 Å². The molecule has 2 aromatic rings. The first kappa shape index (κ1) is 20.1. The number of hydrogen-bond donors (Lipinski definition) is 2. The number of benzene rings is 2. The predicted octanol–water partition coefficient (Wildman–Crippen LogP) is 4.53. The standard InChI is InChI=1S/C19H21Cl2N3O2/c1-3-24(4-2)19(26)13-7-5-8-14(11-13)22-12-17(25)23-16-10-6-9-15(20)18(16)21/h5-11,22H,3-4,12H2,1-2H3,(H,23,25). The van der Waals surface area contributed by atoms with E-state index in [4.69, 9.17) is 23.2 Å². The van der Waals surface area contributed by atoms with E-state index in [1.54, 1.807) is 47.4 Å². The maximum atomic E-state index is 12.4. The average Bonchev–Trinajstić information content (AvgIpc) is 2.65. The summed E-state index contributed by atoms with van der Waals surface area (Å²) in [6.45, 7) is 5.21. The van der Waals surface area contributed by atoms with Crippen molar-refractivity contribution in [3.8, 4) is 0 Å². The van der Waals surface area contributed by atoms with Crippen LogP contribution in [0.5, 0.6) is 0 Å². The van der Waals surface area contributed by atoms with Crippen molar-refractivity contribution in [1.82, 2.24) is 4.90 Å². The zero-order chi connectivity index (χ0) is 19.1. The van der Waals surface area contributed by atoms with Gasteiger partial charge in [-0.3, -0.25) is 9.59 Å². The van der Waals surface area contributed by atoms with Gasteiger partial charge in [0.1, 0.15) is 0 Å².